The summed E-state index contributed by atoms with van der Waals surface area (Å²) in [6.07, 6.45) is 0.0256. The molecule has 3 aromatic rings. The molecule has 206 valence electrons. The van der Waals surface area contributed by atoms with Crippen LogP contribution in [-0.2, 0) is 21.7 Å². The second kappa shape index (κ2) is 12.6. The molecule has 3 rings (SSSR count). The molecular weight excluding hydrogens is 673 g/mol. The summed E-state index contributed by atoms with van der Waals surface area (Å²) >= 11 is 56.5. The van der Waals surface area contributed by atoms with E-state index in [0.29, 0.717) is 33.4 Å². The molecule has 0 saturated heterocycles. The van der Waals surface area contributed by atoms with Crippen molar-refractivity contribution in [1.29, 1.82) is 0 Å². The monoisotopic (exact) mass is 693 g/mol. The van der Waals surface area contributed by atoms with E-state index < -0.39 is 23.2 Å². The first kappa shape index (κ1) is 32.7. The van der Waals surface area contributed by atoms with Crippen molar-refractivity contribution < 1.29 is 4.74 Å². The fourth-order valence-corrected chi connectivity index (χ4v) is 5.06. The molecule has 0 aliphatic carbocycles. The summed E-state index contributed by atoms with van der Waals surface area (Å²) in [6.45, 7) is 4.01. The van der Waals surface area contributed by atoms with Gasteiger partial charge in [0.05, 0.1) is 0 Å². The second-order valence-electron chi connectivity index (χ2n) is 8.88. The Morgan fingerprint density at radius 2 is 0.895 bits per heavy atom. The zero-order valence-electron chi connectivity index (χ0n) is 20.2. The van der Waals surface area contributed by atoms with Crippen LogP contribution in [0.25, 0.3) is 0 Å². The van der Waals surface area contributed by atoms with Gasteiger partial charge in [0.2, 0.25) is 11.4 Å². The van der Waals surface area contributed by atoms with Crippen molar-refractivity contribution in [2.24, 2.45) is 11.7 Å². The van der Waals surface area contributed by atoms with Crippen molar-refractivity contribution in [3.8, 4) is 0 Å². The standard InChI is InChI=1S/C27H24Cl9NO/c1-3-16(2)23(37)38-24(17-7-4-10-20(13-17)25(28,29)30,18-8-5-11-21(14-18)26(31,32)33)19-9-6-12-22(15-19)27(34,35)36/h4-16,23H,3,37H2,1-2H3. The lowest BCUT2D eigenvalue weighted by Gasteiger charge is -2.40. The second-order valence-corrected chi connectivity index (χ2v) is 15.7. The maximum absolute atomic E-state index is 6.84. The molecule has 0 amide bonds. The smallest absolute Gasteiger partial charge is 0.216 e. The predicted molar refractivity (Wildman–Crippen MR) is 165 cm³/mol. The topological polar surface area (TPSA) is 35.2 Å². The van der Waals surface area contributed by atoms with Gasteiger partial charge in [-0.15, -0.1) is 0 Å². The molecule has 0 aliphatic heterocycles. The molecule has 0 saturated carbocycles. The number of hydrogen-bond donors (Lipinski definition) is 1. The molecular formula is C27H24Cl9NO. The number of nitrogens with two attached hydrogens (primary N) is 1. The molecule has 0 radical (unpaired) electrons. The quantitative estimate of drug-likeness (QED) is 0.152. The van der Waals surface area contributed by atoms with E-state index >= 15 is 0 Å². The molecule has 11 heteroatoms. The first-order chi connectivity index (χ1) is 17.5. The van der Waals surface area contributed by atoms with E-state index in [1.807, 2.05) is 32.0 Å². The SMILES string of the molecule is CCC(C)C(N)OC(c1cccc(C(Cl)(Cl)Cl)c1)(c1cccc(C(Cl)(Cl)Cl)c1)c1cccc(C(Cl)(Cl)Cl)c1. The van der Waals surface area contributed by atoms with Crippen LogP contribution in [0, 0.1) is 5.92 Å². The van der Waals surface area contributed by atoms with Crippen molar-refractivity contribution in [3.05, 3.63) is 106 Å². The normalized spacial score (nSPS) is 14.8. The van der Waals surface area contributed by atoms with Gasteiger partial charge in [0.15, 0.2) is 0 Å². The summed E-state index contributed by atoms with van der Waals surface area (Å²) < 4.78 is 1.72. The van der Waals surface area contributed by atoms with E-state index in [2.05, 4.69) is 0 Å². The number of benzene rings is 3. The van der Waals surface area contributed by atoms with Crippen molar-refractivity contribution in [1.82, 2.24) is 0 Å². The molecule has 2 atom stereocenters. The van der Waals surface area contributed by atoms with Crippen molar-refractivity contribution in [3.63, 3.8) is 0 Å². The van der Waals surface area contributed by atoms with Gasteiger partial charge >= 0.3 is 0 Å². The van der Waals surface area contributed by atoms with Crippen molar-refractivity contribution in [2.45, 2.75) is 43.5 Å². The van der Waals surface area contributed by atoms with Gasteiger partial charge in [0.1, 0.15) is 11.8 Å². The predicted octanol–water partition coefficient (Wildman–Crippen LogP) is 10.8. The Kier molecular flexibility index (Phi) is 10.8. The van der Waals surface area contributed by atoms with Gasteiger partial charge in [0, 0.05) is 16.7 Å². The minimum absolute atomic E-state index is 0.0292. The minimum atomic E-state index is -1.71. The van der Waals surface area contributed by atoms with E-state index in [0.717, 1.165) is 6.42 Å². The van der Waals surface area contributed by atoms with Gasteiger partial charge in [-0.2, -0.15) is 0 Å². The Morgan fingerprint density at radius 1 is 0.605 bits per heavy atom. The van der Waals surface area contributed by atoms with E-state index in [1.165, 1.54) is 0 Å². The molecule has 0 heterocycles. The lowest BCUT2D eigenvalue weighted by Crippen LogP contribution is -2.43. The molecule has 3 aromatic carbocycles. The highest BCUT2D eigenvalue weighted by molar-refractivity contribution is 6.67. The zero-order valence-corrected chi connectivity index (χ0v) is 27.0. The molecule has 0 spiro atoms. The molecule has 2 N–H and O–H groups in total. The fourth-order valence-electron chi connectivity index (χ4n) is 4.00. The molecule has 2 nitrogen and oxygen atoms in total. The highest BCUT2D eigenvalue weighted by Crippen LogP contribution is 2.48. The highest BCUT2D eigenvalue weighted by atomic mass is 35.6. The summed E-state index contributed by atoms with van der Waals surface area (Å²) in [5.41, 5.74) is 8.29. The molecule has 0 bridgehead atoms. The molecule has 0 aromatic heterocycles. The van der Waals surface area contributed by atoms with E-state index in [9.17, 15) is 0 Å². The van der Waals surface area contributed by atoms with Crippen LogP contribution >= 0.6 is 104 Å². The largest absolute Gasteiger partial charge is 0.343 e. The van der Waals surface area contributed by atoms with Gasteiger partial charge in [-0.25, -0.2) is 0 Å². The Labute approximate surface area is 268 Å². The highest BCUT2D eigenvalue weighted by Gasteiger charge is 2.43. The molecule has 38 heavy (non-hydrogen) atoms. The maximum Gasteiger partial charge on any atom is 0.216 e. The van der Waals surface area contributed by atoms with Gasteiger partial charge in [-0.3, -0.25) is 0 Å². The first-order valence-corrected chi connectivity index (χ1v) is 14.9. The van der Waals surface area contributed by atoms with Crippen molar-refractivity contribution >= 4 is 104 Å². The summed E-state index contributed by atoms with van der Waals surface area (Å²) in [7, 11) is 0. The van der Waals surface area contributed by atoms with Crippen LogP contribution in [0.3, 0.4) is 0 Å². The average Bonchev–Trinajstić information content (AvgIpc) is 2.85. The lowest BCUT2D eigenvalue weighted by atomic mass is 9.78. The van der Waals surface area contributed by atoms with Crippen LogP contribution in [0.2, 0.25) is 0 Å². The van der Waals surface area contributed by atoms with Crippen LogP contribution in [-0.4, -0.2) is 6.23 Å². The Balaban J connectivity index is 2.49. The Morgan fingerprint density at radius 3 is 1.16 bits per heavy atom. The van der Waals surface area contributed by atoms with Crippen LogP contribution in [0.4, 0.5) is 0 Å². The van der Waals surface area contributed by atoms with Gasteiger partial charge in [-0.1, -0.05) is 173 Å². The number of halogens is 9. The maximum atomic E-state index is 6.84. The number of alkyl halides is 9. The third kappa shape index (κ3) is 7.52. The molecule has 0 fully saturated rings. The Bertz CT molecular complexity index is 1110. The lowest BCUT2D eigenvalue weighted by molar-refractivity contribution is -0.0688. The van der Waals surface area contributed by atoms with Crippen LogP contribution in [0.15, 0.2) is 72.8 Å². The number of ether oxygens (including phenoxy) is 1. The van der Waals surface area contributed by atoms with E-state index in [4.69, 9.17) is 115 Å². The third-order valence-corrected chi connectivity index (χ3v) is 8.27. The Hall–Kier alpha value is 0.190. The average molecular weight is 698 g/mol. The summed E-state index contributed by atoms with van der Waals surface area (Å²) in [5.74, 6) is -0.0292. The molecule has 0 aliphatic rings. The summed E-state index contributed by atoms with van der Waals surface area (Å²) in [6, 6.07) is 21.1. The van der Waals surface area contributed by atoms with Gasteiger partial charge < -0.3 is 10.5 Å². The number of hydrogen-bond acceptors (Lipinski definition) is 2. The minimum Gasteiger partial charge on any atom is -0.343 e. The van der Waals surface area contributed by atoms with Gasteiger partial charge in [0.25, 0.3) is 0 Å². The molecule has 2 unspecified atom stereocenters. The summed E-state index contributed by atoms with van der Waals surface area (Å²) in [5, 5.41) is 0. The third-order valence-electron chi connectivity index (χ3n) is 6.31. The van der Waals surface area contributed by atoms with Crippen LogP contribution < -0.4 is 5.73 Å². The van der Waals surface area contributed by atoms with E-state index in [-0.39, 0.29) is 5.92 Å². The first-order valence-electron chi connectivity index (χ1n) is 11.5. The summed E-state index contributed by atoms with van der Waals surface area (Å²) in [4.78, 5) is 0. The van der Waals surface area contributed by atoms with Crippen LogP contribution in [0.1, 0.15) is 53.6 Å². The number of rotatable bonds is 7. The fraction of sp³-hybridized carbons (Fsp3) is 0.333. The van der Waals surface area contributed by atoms with Crippen LogP contribution in [0.5, 0.6) is 0 Å². The van der Waals surface area contributed by atoms with E-state index in [1.54, 1.807) is 54.6 Å². The zero-order chi connectivity index (χ0) is 28.5. The van der Waals surface area contributed by atoms with Crippen molar-refractivity contribution in [2.75, 3.05) is 0 Å². The van der Waals surface area contributed by atoms with Gasteiger partial charge in [-0.05, 0) is 47.2 Å².